The van der Waals surface area contributed by atoms with Gasteiger partial charge in [0.1, 0.15) is 23.0 Å². The molecule has 200 valence electrons. The number of likely N-dealkylation sites (N-methyl/N-ethyl adjacent to an activating group) is 1. The molecule has 1 aliphatic rings. The molecule has 0 radical (unpaired) electrons. The fourth-order valence-electron chi connectivity index (χ4n) is 4.82. The lowest BCUT2D eigenvalue weighted by Gasteiger charge is -2.29. The van der Waals surface area contributed by atoms with Crippen LogP contribution in [0.3, 0.4) is 0 Å². The Balaban J connectivity index is 2.28. The van der Waals surface area contributed by atoms with Crippen molar-refractivity contribution in [3.8, 4) is 11.5 Å². The molecule has 10 heteroatoms. The third-order valence-electron chi connectivity index (χ3n) is 6.89. The summed E-state index contributed by atoms with van der Waals surface area (Å²) in [5.74, 6) is -1.57. The topological polar surface area (TPSA) is 121 Å². The molecule has 2 heterocycles. The van der Waals surface area contributed by atoms with Gasteiger partial charge in [0.05, 0.1) is 32.9 Å². The Bertz CT molecular complexity index is 1230. The summed E-state index contributed by atoms with van der Waals surface area (Å²) in [5, 5.41) is 11.6. The highest BCUT2D eigenvalue weighted by Gasteiger charge is 2.47. The van der Waals surface area contributed by atoms with E-state index in [1.807, 2.05) is 13.8 Å². The lowest BCUT2D eigenvalue weighted by atomic mass is 9.93. The third-order valence-corrected chi connectivity index (χ3v) is 6.89. The molecule has 1 amide bonds. The zero-order valence-corrected chi connectivity index (χ0v) is 22.4. The summed E-state index contributed by atoms with van der Waals surface area (Å²) in [7, 11) is 4.27. The van der Waals surface area contributed by atoms with Crippen LogP contribution in [0.15, 0.2) is 23.8 Å². The minimum Gasteiger partial charge on any atom is -0.507 e. The Morgan fingerprint density at radius 1 is 1.11 bits per heavy atom. The summed E-state index contributed by atoms with van der Waals surface area (Å²) in [5.41, 5.74) is 1.72. The largest absolute Gasteiger partial charge is 0.507 e. The Labute approximate surface area is 216 Å². The van der Waals surface area contributed by atoms with Crippen LogP contribution in [0.2, 0.25) is 0 Å². The third kappa shape index (κ3) is 5.06. The van der Waals surface area contributed by atoms with Gasteiger partial charge in [-0.25, -0.2) is 4.79 Å². The number of rotatable bonds is 10. The van der Waals surface area contributed by atoms with E-state index >= 15 is 0 Å². The van der Waals surface area contributed by atoms with Crippen molar-refractivity contribution in [3.05, 3.63) is 51.9 Å². The normalized spacial score (nSPS) is 17.0. The number of likely N-dealkylation sites (tertiary alicyclic amines) is 1. The predicted octanol–water partition coefficient (Wildman–Crippen LogP) is 3.20. The van der Waals surface area contributed by atoms with Crippen LogP contribution < -0.4 is 9.47 Å². The van der Waals surface area contributed by atoms with Gasteiger partial charge in [0.25, 0.3) is 11.7 Å². The van der Waals surface area contributed by atoms with Gasteiger partial charge >= 0.3 is 5.97 Å². The average Bonchev–Trinajstić information content (AvgIpc) is 3.34. The van der Waals surface area contributed by atoms with Crippen molar-refractivity contribution in [2.75, 3.05) is 47.5 Å². The van der Waals surface area contributed by atoms with Crippen molar-refractivity contribution < 1.29 is 33.7 Å². The number of carbonyl (C=O) groups excluding carboxylic acids is 3. The van der Waals surface area contributed by atoms with Crippen molar-refractivity contribution in [3.63, 3.8) is 0 Å². The smallest absolute Gasteiger partial charge is 0.354 e. The van der Waals surface area contributed by atoms with Crippen LogP contribution >= 0.6 is 0 Å². The van der Waals surface area contributed by atoms with Crippen molar-refractivity contribution in [2.45, 2.75) is 33.7 Å². The minimum absolute atomic E-state index is 0.0854. The number of H-pyrrole nitrogens is 1. The van der Waals surface area contributed by atoms with E-state index in [1.54, 1.807) is 32.0 Å². The van der Waals surface area contributed by atoms with Gasteiger partial charge in [-0.05, 0) is 50.7 Å². The quantitative estimate of drug-likeness (QED) is 0.215. The highest BCUT2D eigenvalue weighted by Crippen LogP contribution is 2.44. The van der Waals surface area contributed by atoms with Gasteiger partial charge in [-0.1, -0.05) is 13.8 Å². The van der Waals surface area contributed by atoms with Gasteiger partial charge in [0, 0.05) is 29.9 Å². The van der Waals surface area contributed by atoms with Gasteiger partial charge in [-0.15, -0.1) is 0 Å². The summed E-state index contributed by atoms with van der Waals surface area (Å²) in [6.45, 7) is 9.73. The highest BCUT2D eigenvalue weighted by molar-refractivity contribution is 6.46. The molecule has 1 atom stereocenters. The number of aliphatic hydroxyl groups excluding tert-OH is 1. The maximum absolute atomic E-state index is 13.5. The van der Waals surface area contributed by atoms with E-state index in [1.165, 1.54) is 26.2 Å². The number of hydrogen-bond acceptors (Lipinski definition) is 8. The number of aliphatic hydroxyl groups is 1. The van der Waals surface area contributed by atoms with E-state index in [0.717, 1.165) is 13.1 Å². The molecule has 2 aromatic rings. The number of hydrogen-bond donors (Lipinski definition) is 2. The Morgan fingerprint density at radius 3 is 2.35 bits per heavy atom. The average molecular weight is 514 g/mol. The first-order chi connectivity index (χ1) is 17.6. The first-order valence-electron chi connectivity index (χ1n) is 12.1. The molecule has 10 nitrogen and oxygen atoms in total. The second kappa shape index (κ2) is 11.5. The van der Waals surface area contributed by atoms with E-state index in [2.05, 4.69) is 9.88 Å². The number of Topliss-reactive ketones (excluding diaryl/α,β-unsaturated/α-hetero) is 1. The van der Waals surface area contributed by atoms with E-state index < -0.39 is 23.7 Å². The maximum atomic E-state index is 13.5. The molecule has 1 aliphatic heterocycles. The van der Waals surface area contributed by atoms with Crippen LogP contribution in [0.25, 0.3) is 5.76 Å². The second-order valence-corrected chi connectivity index (χ2v) is 8.74. The standard InChI is InChI=1S/C27H35N3O7/c1-8-29(9-2)12-13-30-23(18-14-17(35-5)10-11-19(18)36-6)21(25(32)26(30)33)24(31)20-15(3)22(27(34)37-7)28-16(20)4/h10-11,14,23,28,31H,8-9,12-13H2,1-7H3. The molecule has 3 rings (SSSR count). The lowest BCUT2D eigenvalue weighted by molar-refractivity contribution is -0.140. The number of benzene rings is 1. The predicted molar refractivity (Wildman–Crippen MR) is 138 cm³/mol. The zero-order valence-electron chi connectivity index (χ0n) is 22.4. The minimum atomic E-state index is -0.934. The number of amides is 1. The van der Waals surface area contributed by atoms with Gasteiger partial charge in [-0.3, -0.25) is 9.59 Å². The van der Waals surface area contributed by atoms with Crippen LogP contribution in [-0.4, -0.2) is 85.1 Å². The number of aromatic nitrogens is 1. The van der Waals surface area contributed by atoms with Gasteiger partial charge in [0.2, 0.25) is 0 Å². The fraction of sp³-hybridized carbons (Fsp3) is 0.444. The van der Waals surface area contributed by atoms with Crippen molar-refractivity contribution >= 4 is 23.4 Å². The number of ketones is 1. The molecule has 1 unspecified atom stereocenters. The second-order valence-electron chi connectivity index (χ2n) is 8.74. The molecule has 0 saturated carbocycles. The van der Waals surface area contributed by atoms with Crippen molar-refractivity contribution in [1.82, 2.24) is 14.8 Å². The number of carbonyl (C=O) groups is 3. The Hall–Kier alpha value is -3.79. The van der Waals surface area contributed by atoms with Gasteiger partial charge < -0.3 is 34.1 Å². The summed E-state index contributed by atoms with van der Waals surface area (Å²) in [6.07, 6.45) is 0. The maximum Gasteiger partial charge on any atom is 0.354 e. The number of methoxy groups -OCH3 is 3. The number of aryl methyl sites for hydroxylation is 1. The van der Waals surface area contributed by atoms with Crippen LogP contribution in [0.4, 0.5) is 0 Å². The summed E-state index contributed by atoms with van der Waals surface area (Å²) >= 11 is 0. The molecule has 1 saturated heterocycles. The summed E-state index contributed by atoms with van der Waals surface area (Å²) in [6, 6.07) is 4.17. The molecule has 1 aromatic heterocycles. The number of esters is 1. The number of ether oxygens (including phenoxy) is 3. The van der Waals surface area contributed by atoms with E-state index in [0.29, 0.717) is 34.9 Å². The SMILES string of the molecule is CCN(CC)CCN1C(=O)C(=O)C(=C(O)c2c(C)[nH]c(C(=O)OC)c2C)C1c1cc(OC)ccc1OC. The van der Waals surface area contributed by atoms with E-state index in [9.17, 15) is 19.5 Å². The van der Waals surface area contributed by atoms with Crippen molar-refractivity contribution in [2.24, 2.45) is 0 Å². The van der Waals surface area contributed by atoms with E-state index in [4.69, 9.17) is 14.2 Å². The summed E-state index contributed by atoms with van der Waals surface area (Å²) in [4.78, 5) is 45.6. The van der Waals surface area contributed by atoms with Crippen LogP contribution in [0.1, 0.15) is 52.8 Å². The van der Waals surface area contributed by atoms with Crippen LogP contribution in [0.5, 0.6) is 11.5 Å². The van der Waals surface area contributed by atoms with E-state index in [-0.39, 0.29) is 29.1 Å². The molecule has 0 spiro atoms. The van der Waals surface area contributed by atoms with Crippen LogP contribution in [0, 0.1) is 13.8 Å². The molecule has 1 aromatic carbocycles. The zero-order chi connectivity index (χ0) is 27.4. The molecule has 2 N–H and O–H groups in total. The van der Waals surface area contributed by atoms with Gasteiger partial charge in [-0.2, -0.15) is 0 Å². The fourth-order valence-corrected chi connectivity index (χ4v) is 4.82. The molecule has 0 bridgehead atoms. The first-order valence-corrected chi connectivity index (χ1v) is 12.1. The highest BCUT2D eigenvalue weighted by atomic mass is 16.5. The van der Waals surface area contributed by atoms with Crippen molar-refractivity contribution in [1.29, 1.82) is 0 Å². The molecule has 1 fully saturated rings. The molecular weight excluding hydrogens is 478 g/mol. The Kier molecular flexibility index (Phi) is 8.65. The molecule has 0 aliphatic carbocycles. The summed E-state index contributed by atoms with van der Waals surface area (Å²) < 4.78 is 15.8. The molecular formula is C27H35N3O7. The molecule has 37 heavy (non-hydrogen) atoms. The number of nitrogens with zero attached hydrogens (tertiary/aromatic N) is 2. The Morgan fingerprint density at radius 2 is 1.78 bits per heavy atom. The monoisotopic (exact) mass is 513 g/mol. The number of nitrogens with one attached hydrogen (secondary N) is 1. The first kappa shape index (κ1) is 27.8. The lowest BCUT2D eigenvalue weighted by Crippen LogP contribution is -2.38. The number of aromatic amines is 1. The van der Waals surface area contributed by atoms with Gasteiger partial charge in [0.15, 0.2) is 0 Å². The van der Waals surface area contributed by atoms with Crippen LogP contribution in [-0.2, 0) is 14.3 Å².